The van der Waals surface area contributed by atoms with E-state index in [9.17, 15) is 0 Å². The van der Waals surface area contributed by atoms with Gasteiger partial charge >= 0.3 is 0 Å². The Morgan fingerprint density at radius 1 is 1.27 bits per heavy atom. The zero-order chi connectivity index (χ0) is 7.90. The van der Waals surface area contributed by atoms with Crippen LogP contribution in [0.3, 0.4) is 0 Å². The lowest BCUT2D eigenvalue weighted by Gasteiger charge is -2.37. The van der Waals surface area contributed by atoms with Crippen LogP contribution in [0.5, 0.6) is 0 Å². The number of quaternary nitrogens is 1. The van der Waals surface area contributed by atoms with Gasteiger partial charge in [0.2, 0.25) is 0 Å². The molecule has 2 rings (SSSR count). The minimum atomic E-state index is 0.985. The SMILES string of the molecule is C[N+]1(C)[B-]c2ccccc2C1. The lowest BCUT2D eigenvalue weighted by molar-refractivity contribution is -0.788. The highest BCUT2D eigenvalue weighted by Crippen LogP contribution is 2.12. The molecule has 0 spiro atoms. The fourth-order valence-electron chi connectivity index (χ4n) is 1.67. The third-order valence-corrected chi connectivity index (χ3v) is 2.12. The zero-order valence-corrected chi connectivity index (χ0v) is 7.04. The molecule has 0 aromatic heterocycles. The fourth-order valence-corrected chi connectivity index (χ4v) is 1.67. The maximum Gasteiger partial charge on any atom is 0.0564 e. The highest BCUT2D eigenvalue weighted by atomic mass is 15.2. The molecule has 1 aliphatic rings. The van der Waals surface area contributed by atoms with Crippen molar-refractivity contribution in [3.63, 3.8) is 0 Å². The van der Waals surface area contributed by atoms with Crippen molar-refractivity contribution in [1.29, 1.82) is 0 Å². The van der Waals surface area contributed by atoms with Crippen LogP contribution in [0.15, 0.2) is 24.3 Å². The molecule has 0 atom stereocenters. The van der Waals surface area contributed by atoms with E-state index >= 15 is 0 Å². The smallest absolute Gasteiger partial charge is 0.0564 e. The van der Waals surface area contributed by atoms with E-state index in [1.165, 1.54) is 11.0 Å². The summed E-state index contributed by atoms with van der Waals surface area (Å²) in [4.78, 5) is 0. The van der Waals surface area contributed by atoms with Gasteiger partial charge in [-0.2, -0.15) is 5.46 Å². The fraction of sp³-hybridized carbons (Fsp3) is 0.333. The first-order chi connectivity index (χ1) is 5.17. The maximum absolute atomic E-state index is 2.30. The van der Waals surface area contributed by atoms with E-state index in [0.717, 1.165) is 10.9 Å². The molecule has 1 aromatic carbocycles. The van der Waals surface area contributed by atoms with Gasteiger partial charge in [0.15, 0.2) is 0 Å². The number of nitrogens with zero attached hydrogens (tertiary/aromatic N) is 1. The van der Waals surface area contributed by atoms with Gasteiger partial charge in [-0.25, -0.2) is 0 Å². The molecule has 1 nitrogen and oxygen atoms in total. The topological polar surface area (TPSA) is 0 Å². The van der Waals surface area contributed by atoms with Crippen molar-refractivity contribution in [1.82, 2.24) is 0 Å². The Balaban J connectivity index is 2.41. The van der Waals surface area contributed by atoms with Gasteiger partial charge < -0.3 is 4.39 Å². The molecule has 2 heteroatoms. The van der Waals surface area contributed by atoms with Crippen LogP contribution < -0.4 is 5.46 Å². The summed E-state index contributed by atoms with van der Waals surface area (Å²) in [5.74, 6) is 0. The molecule has 0 N–H and O–H groups in total. The molecule has 56 valence electrons. The molecule has 0 saturated carbocycles. The Hall–Kier alpha value is -0.755. The maximum atomic E-state index is 2.30. The van der Waals surface area contributed by atoms with Crippen LogP contribution in [-0.4, -0.2) is 25.9 Å². The zero-order valence-electron chi connectivity index (χ0n) is 7.04. The van der Waals surface area contributed by atoms with Crippen LogP contribution in [-0.2, 0) is 6.54 Å². The van der Waals surface area contributed by atoms with Gasteiger partial charge in [0.25, 0.3) is 0 Å². The normalized spacial score (nSPS) is 19.8. The van der Waals surface area contributed by atoms with Gasteiger partial charge in [0, 0.05) is 21.5 Å². The first-order valence-corrected chi connectivity index (χ1v) is 3.94. The first kappa shape index (κ1) is 6.92. The van der Waals surface area contributed by atoms with Crippen LogP contribution in [0.1, 0.15) is 5.56 Å². The van der Waals surface area contributed by atoms with E-state index in [1.54, 1.807) is 0 Å². The summed E-state index contributed by atoms with van der Waals surface area (Å²) in [5, 5.41) is 0. The second-order valence-corrected chi connectivity index (χ2v) is 3.76. The molecule has 1 aliphatic heterocycles. The highest BCUT2D eigenvalue weighted by molar-refractivity contribution is 6.48. The van der Waals surface area contributed by atoms with E-state index in [1.807, 2.05) is 0 Å². The second kappa shape index (κ2) is 2.11. The lowest BCUT2D eigenvalue weighted by Crippen LogP contribution is -2.40. The average Bonchev–Trinajstić information content (AvgIpc) is 2.21. The molecular formula is C9H12BN. The van der Waals surface area contributed by atoms with Crippen molar-refractivity contribution in [2.24, 2.45) is 0 Å². The van der Waals surface area contributed by atoms with Gasteiger partial charge in [-0.05, 0) is 5.56 Å². The molecule has 1 heterocycles. The van der Waals surface area contributed by atoms with Crippen molar-refractivity contribution in [3.05, 3.63) is 29.8 Å². The summed E-state index contributed by atoms with van der Waals surface area (Å²) >= 11 is 0. The van der Waals surface area contributed by atoms with Crippen LogP contribution in [0.25, 0.3) is 0 Å². The lowest BCUT2D eigenvalue weighted by atomic mass is 9.82. The Morgan fingerprint density at radius 3 is 2.73 bits per heavy atom. The largest absolute Gasteiger partial charge is 0.557 e. The molecule has 1 aromatic rings. The first-order valence-electron chi connectivity index (χ1n) is 3.94. The quantitative estimate of drug-likeness (QED) is 0.467. The van der Waals surface area contributed by atoms with Crippen LogP contribution in [0, 0.1) is 0 Å². The minimum Gasteiger partial charge on any atom is -0.557 e. The molecular weight excluding hydrogens is 133 g/mol. The van der Waals surface area contributed by atoms with Gasteiger partial charge in [-0.3, -0.25) is 0 Å². The summed E-state index contributed by atoms with van der Waals surface area (Å²) in [6.45, 7) is 1.14. The number of hydrogen-bond donors (Lipinski definition) is 0. The Labute approximate surface area is 68.5 Å². The standard InChI is InChI=1S/C9H12BN/c1-11(2)7-8-5-3-4-6-9(8)10-11/h3-6H,7H2,1-2H3. The molecule has 0 aliphatic carbocycles. The number of rotatable bonds is 0. The molecule has 2 radical (unpaired) electrons. The monoisotopic (exact) mass is 145 g/mol. The molecule has 11 heavy (non-hydrogen) atoms. The van der Waals surface area contributed by atoms with Crippen molar-refractivity contribution in [3.8, 4) is 0 Å². The van der Waals surface area contributed by atoms with Gasteiger partial charge in [0.05, 0.1) is 6.54 Å². The number of hydrogen-bond acceptors (Lipinski definition) is 0. The number of benzene rings is 1. The van der Waals surface area contributed by atoms with E-state index in [2.05, 4.69) is 45.8 Å². The molecule has 0 fully saturated rings. The second-order valence-electron chi connectivity index (χ2n) is 3.76. The Morgan fingerprint density at radius 2 is 2.00 bits per heavy atom. The van der Waals surface area contributed by atoms with E-state index in [4.69, 9.17) is 0 Å². The molecule has 0 amide bonds. The van der Waals surface area contributed by atoms with Crippen LogP contribution >= 0.6 is 0 Å². The summed E-state index contributed by atoms with van der Waals surface area (Å²) in [7, 11) is 6.75. The number of fused-ring (bicyclic) bond motifs is 1. The minimum absolute atomic E-state index is 0.985. The summed E-state index contributed by atoms with van der Waals surface area (Å²) in [6, 6.07) is 8.60. The van der Waals surface area contributed by atoms with Crippen molar-refractivity contribution in [2.45, 2.75) is 6.54 Å². The van der Waals surface area contributed by atoms with Crippen molar-refractivity contribution < 1.29 is 4.39 Å². The Bertz CT molecular complexity index is 254. The third kappa shape index (κ3) is 1.18. The van der Waals surface area contributed by atoms with Gasteiger partial charge in [-0.1, -0.05) is 24.3 Å². The van der Waals surface area contributed by atoms with Crippen LogP contribution in [0.4, 0.5) is 0 Å². The van der Waals surface area contributed by atoms with E-state index in [0.29, 0.717) is 0 Å². The van der Waals surface area contributed by atoms with Gasteiger partial charge in [0.1, 0.15) is 0 Å². The summed E-state index contributed by atoms with van der Waals surface area (Å²) in [5.41, 5.74) is 2.87. The predicted octanol–water partition coefficient (Wildman–Crippen LogP) is 0.521. The molecule has 0 bridgehead atoms. The van der Waals surface area contributed by atoms with Crippen LogP contribution in [0.2, 0.25) is 0 Å². The summed E-state index contributed by atoms with van der Waals surface area (Å²) < 4.78 is 0.985. The molecule has 0 unspecified atom stereocenters. The van der Waals surface area contributed by atoms with E-state index < -0.39 is 0 Å². The predicted molar refractivity (Wildman–Crippen MR) is 47.6 cm³/mol. The average molecular weight is 145 g/mol. The van der Waals surface area contributed by atoms with Gasteiger partial charge in [-0.15, -0.1) is 0 Å². The summed E-state index contributed by atoms with van der Waals surface area (Å²) in [6.07, 6.45) is 0. The van der Waals surface area contributed by atoms with Crippen molar-refractivity contribution in [2.75, 3.05) is 14.1 Å². The molecule has 0 saturated heterocycles. The highest BCUT2D eigenvalue weighted by Gasteiger charge is 2.14. The Kier molecular flexibility index (Phi) is 1.33. The van der Waals surface area contributed by atoms with Crippen molar-refractivity contribution >= 4 is 12.9 Å². The third-order valence-electron chi connectivity index (χ3n) is 2.12. The van der Waals surface area contributed by atoms with E-state index in [-0.39, 0.29) is 0 Å².